The molecule has 0 radical (unpaired) electrons. The van der Waals surface area contributed by atoms with E-state index in [1.165, 1.54) is 6.21 Å². The number of nitrogens with zero attached hydrogens (tertiary/aromatic N) is 3. The number of imide groups is 1. The van der Waals surface area contributed by atoms with Gasteiger partial charge in [-0.25, -0.2) is 0 Å². The molecule has 1 saturated heterocycles. The van der Waals surface area contributed by atoms with E-state index in [-0.39, 0.29) is 35.5 Å². The van der Waals surface area contributed by atoms with Gasteiger partial charge in [0.15, 0.2) is 0 Å². The zero-order valence-electron chi connectivity index (χ0n) is 14.3. The zero-order valence-corrected chi connectivity index (χ0v) is 14.3. The number of nitriles is 1. The summed E-state index contributed by atoms with van der Waals surface area (Å²) in [5.41, 5.74) is 1.20. The average Bonchev–Trinajstić information content (AvgIpc) is 3.45. The number of benzene rings is 1. The molecule has 27 heavy (non-hydrogen) atoms. The number of furan rings is 1. The van der Waals surface area contributed by atoms with E-state index in [1.54, 1.807) is 30.3 Å². The van der Waals surface area contributed by atoms with Gasteiger partial charge < -0.3 is 4.42 Å². The fourth-order valence-corrected chi connectivity index (χ4v) is 4.48. The minimum absolute atomic E-state index is 0.161. The number of allylic oxidation sites excluding steroid dienone is 2. The highest BCUT2D eigenvalue weighted by Crippen LogP contribution is 2.52. The van der Waals surface area contributed by atoms with Gasteiger partial charge >= 0.3 is 0 Å². The van der Waals surface area contributed by atoms with Crippen molar-refractivity contribution in [1.82, 2.24) is 5.01 Å². The van der Waals surface area contributed by atoms with Gasteiger partial charge in [0.1, 0.15) is 11.5 Å². The van der Waals surface area contributed by atoms with Crippen LogP contribution in [-0.2, 0) is 9.59 Å². The van der Waals surface area contributed by atoms with Crippen molar-refractivity contribution in [3.63, 3.8) is 0 Å². The molecule has 0 unspecified atom stereocenters. The Morgan fingerprint density at radius 1 is 1.07 bits per heavy atom. The van der Waals surface area contributed by atoms with Crippen LogP contribution in [0.5, 0.6) is 0 Å². The first-order chi connectivity index (χ1) is 13.2. The first-order valence-corrected chi connectivity index (χ1v) is 8.87. The van der Waals surface area contributed by atoms with Crippen molar-refractivity contribution in [2.45, 2.75) is 6.42 Å². The number of hydrogen-bond acceptors (Lipinski definition) is 5. The van der Waals surface area contributed by atoms with Crippen molar-refractivity contribution >= 4 is 18.0 Å². The third-order valence-corrected chi connectivity index (χ3v) is 5.69. The van der Waals surface area contributed by atoms with Crippen molar-refractivity contribution in [2.24, 2.45) is 28.8 Å². The molecule has 3 aliphatic rings. The van der Waals surface area contributed by atoms with Gasteiger partial charge in [0.05, 0.1) is 29.7 Å². The van der Waals surface area contributed by atoms with Gasteiger partial charge in [0.25, 0.3) is 11.8 Å². The van der Waals surface area contributed by atoms with E-state index in [1.807, 2.05) is 6.07 Å². The fourth-order valence-electron chi connectivity index (χ4n) is 4.48. The second kappa shape index (κ2) is 5.78. The molecule has 6 heteroatoms. The highest BCUT2D eigenvalue weighted by Gasteiger charge is 2.59. The lowest BCUT2D eigenvalue weighted by Crippen LogP contribution is -2.28. The van der Waals surface area contributed by atoms with Gasteiger partial charge in [0.2, 0.25) is 0 Å². The van der Waals surface area contributed by atoms with Crippen molar-refractivity contribution in [3.05, 3.63) is 59.9 Å². The minimum atomic E-state index is -0.265. The van der Waals surface area contributed by atoms with E-state index in [9.17, 15) is 14.9 Å². The Bertz CT molecular complexity index is 1030. The SMILES string of the molecule is N#Cc1ccccc1-c1ccc(/C=N\N2C(=O)[C@@H]3[C@@H](C2=O)[C@H]2C=C[C@H]3C2)o1. The Morgan fingerprint density at radius 3 is 2.48 bits per heavy atom. The molecule has 2 amide bonds. The van der Waals surface area contributed by atoms with E-state index in [4.69, 9.17) is 4.42 Å². The maximum Gasteiger partial charge on any atom is 0.254 e. The Labute approximate surface area is 155 Å². The van der Waals surface area contributed by atoms with Crippen LogP contribution in [0.2, 0.25) is 0 Å². The minimum Gasteiger partial charge on any atom is -0.455 e. The standard InChI is InChI=1S/C21H15N3O3/c22-10-14-3-1-2-4-16(14)17-8-7-15(27-17)11-23-24-20(25)18-12-5-6-13(9-12)19(18)21(24)26/h1-8,11-13,18-19H,9H2/b23-11-/t12-,13-,18-,19-/m0/s1. The van der Waals surface area contributed by atoms with Gasteiger partial charge in [-0.2, -0.15) is 15.4 Å². The Hall–Kier alpha value is -3.46. The first kappa shape index (κ1) is 15.8. The van der Waals surface area contributed by atoms with Crippen molar-refractivity contribution < 1.29 is 14.0 Å². The summed E-state index contributed by atoms with van der Waals surface area (Å²) < 4.78 is 5.73. The molecule has 1 aliphatic heterocycles. The van der Waals surface area contributed by atoms with Crippen LogP contribution < -0.4 is 0 Å². The van der Waals surface area contributed by atoms with Gasteiger partial charge in [-0.15, -0.1) is 0 Å². The highest BCUT2D eigenvalue weighted by atomic mass is 16.3. The Morgan fingerprint density at radius 2 is 1.78 bits per heavy atom. The third kappa shape index (κ3) is 2.28. The van der Waals surface area contributed by atoms with Crippen molar-refractivity contribution in [2.75, 3.05) is 0 Å². The monoisotopic (exact) mass is 357 g/mol. The molecular formula is C21H15N3O3. The van der Waals surface area contributed by atoms with Gasteiger partial charge in [0, 0.05) is 5.56 Å². The Balaban J connectivity index is 1.38. The van der Waals surface area contributed by atoms with Gasteiger partial charge in [-0.3, -0.25) is 9.59 Å². The number of hydrazone groups is 1. The summed E-state index contributed by atoms with van der Waals surface area (Å²) in [7, 11) is 0. The lowest BCUT2D eigenvalue weighted by atomic mass is 9.85. The number of carbonyl (C=O) groups excluding carboxylic acids is 2. The fraction of sp³-hybridized carbons (Fsp3) is 0.238. The molecule has 5 rings (SSSR count). The maximum atomic E-state index is 12.6. The molecule has 2 heterocycles. The number of hydrogen-bond donors (Lipinski definition) is 0. The molecule has 132 valence electrons. The predicted molar refractivity (Wildman–Crippen MR) is 96.0 cm³/mol. The predicted octanol–water partition coefficient (Wildman–Crippen LogP) is 2.96. The molecule has 1 saturated carbocycles. The molecule has 0 N–H and O–H groups in total. The van der Waals surface area contributed by atoms with E-state index in [0.29, 0.717) is 22.6 Å². The molecule has 1 aromatic carbocycles. The topological polar surface area (TPSA) is 86.7 Å². The maximum absolute atomic E-state index is 12.6. The average molecular weight is 357 g/mol. The summed E-state index contributed by atoms with van der Waals surface area (Å²) >= 11 is 0. The van der Waals surface area contributed by atoms with E-state index < -0.39 is 0 Å². The third-order valence-electron chi connectivity index (χ3n) is 5.69. The lowest BCUT2D eigenvalue weighted by Gasteiger charge is -2.13. The van der Waals surface area contributed by atoms with E-state index in [0.717, 1.165) is 11.4 Å². The second-order valence-corrected chi connectivity index (χ2v) is 7.09. The second-order valence-electron chi connectivity index (χ2n) is 7.09. The largest absolute Gasteiger partial charge is 0.455 e. The molecule has 6 nitrogen and oxygen atoms in total. The normalized spacial score (nSPS) is 28.3. The summed E-state index contributed by atoms with van der Waals surface area (Å²) in [6, 6.07) is 12.7. The number of fused-ring (bicyclic) bond motifs is 5. The molecule has 2 aliphatic carbocycles. The van der Waals surface area contributed by atoms with Gasteiger partial charge in [-0.05, 0) is 42.5 Å². The van der Waals surface area contributed by atoms with E-state index >= 15 is 0 Å². The summed E-state index contributed by atoms with van der Waals surface area (Å²) in [5, 5.41) is 14.3. The van der Waals surface area contributed by atoms with Crippen LogP contribution in [0.1, 0.15) is 17.7 Å². The summed E-state index contributed by atoms with van der Waals surface area (Å²) in [6.07, 6.45) is 6.38. The van der Waals surface area contributed by atoms with Crippen LogP contribution in [0.15, 0.2) is 58.1 Å². The zero-order chi connectivity index (χ0) is 18.5. The molecule has 4 atom stereocenters. The molecule has 2 bridgehead atoms. The quantitative estimate of drug-likeness (QED) is 0.480. The van der Waals surface area contributed by atoms with E-state index in [2.05, 4.69) is 23.3 Å². The van der Waals surface area contributed by atoms with Crippen LogP contribution in [0.3, 0.4) is 0 Å². The van der Waals surface area contributed by atoms with Crippen LogP contribution >= 0.6 is 0 Å². The molecule has 2 fully saturated rings. The number of carbonyl (C=O) groups is 2. The summed E-state index contributed by atoms with van der Waals surface area (Å²) in [4.78, 5) is 25.2. The van der Waals surface area contributed by atoms with Crippen LogP contribution in [0.25, 0.3) is 11.3 Å². The van der Waals surface area contributed by atoms with Crippen LogP contribution in [0, 0.1) is 35.0 Å². The first-order valence-electron chi connectivity index (χ1n) is 8.87. The summed E-state index contributed by atoms with van der Waals surface area (Å²) in [5.74, 6) is 0.296. The van der Waals surface area contributed by atoms with Gasteiger partial charge in [-0.1, -0.05) is 24.3 Å². The Kier molecular flexibility index (Phi) is 3.37. The molecule has 2 aromatic rings. The molecule has 1 aromatic heterocycles. The van der Waals surface area contributed by atoms with Crippen molar-refractivity contribution in [3.8, 4) is 17.4 Å². The summed E-state index contributed by atoms with van der Waals surface area (Å²) in [6.45, 7) is 0. The lowest BCUT2D eigenvalue weighted by molar-refractivity contribution is -0.140. The van der Waals surface area contributed by atoms with Crippen LogP contribution in [0.4, 0.5) is 0 Å². The molecule has 0 spiro atoms. The molecular weight excluding hydrogens is 342 g/mol. The number of amides is 2. The highest BCUT2D eigenvalue weighted by molar-refractivity contribution is 6.06. The van der Waals surface area contributed by atoms with Crippen molar-refractivity contribution in [1.29, 1.82) is 5.26 Å². The van der Waals surface area contributed by atoms with Crippen LogP contribution in [-0.4, -0.2) is 23.0 Å². The number of rotatable bonds is 3. The smallest absolute Gasteiger partial charge is 0.254 e.